The molecule has 34 heavy (non-hydrogen) atoms. The minimum Gasteiger partial charge on any atom is -0.394 e. The molecule has 1 saturated heterocycles. The average molecular weight is 483 g/mol. The average Bonchev–Trinajstić information content (AvgIpc) is 3.06. The van der Waals surface area contributed by atoms with Gasteiger partial charge in [-0.25, -0.2) is 0 Å². The van der Waals surface area contributed by atoms with Gasteiger partial charge in [0.05, 0.1) is 24.9 Å². The van der Waals surface area contributed by atoms with Crippen molar-refractivity contribution in [1.29, 1.82) is 0 Å². The van der Waals surface area contributed by atoms with Crippen LogP contribution in [0, 0.1) is 28.6 Å². The predicted molar refractivity (Wildman–Crippen MR) is 124 cm³/mol. The molecule has 194 valence electrons. The molecule has 12 atom stereocenters. The fraction of sp³-hybridized carbons (Fsp3) is 0.846. The van der Waals surface area contributed by atoms with Crippen molar-refractivity contribution in [2.45, 2.75) is 95.3 Å². The summed E-state index contributed by atoms with van der Waals surface area (Å²) in [5, 5.41) is 61.7. The Morgan fingerprint density at radius 3 is 2.41 bits per heavy atom. The van der Waals surface area contributed by atoms with Gasteiger partial charge in [-0.05, 0) is 67.8 Å². The standard InChI is InChI=1S/C26H42O8/c1-14(13-33-23-22(31)21(30)20(29)17(12-27)34-23)15-5-7-24(2)11-18(28)26(4)10-9-25(3,32)8-6-16(26)19(15)24/h9-10,15-23,27-32H,1,5-8,11-13H2,2-4H3/t15-,16-,17+,18+,19-,20+,21-,22+,23+,24-,25?,26+/m0/s1. The van der Waals surface area contributed by atoms with E-state index in [0.29, 0.717) is 12.8 Å². The summed E-state index contributed by atoms with van der Waals surface area (Å²) in [5.74, 6) is 0.566. The molecule has 0 aromatic rings. The van der Waals surface area contributed by atoms with Crippen molar-refractivity contribution in [3.63, 3.8) is 0 Å². The molecule has 4 aliphatic rings. The largest absolute Gasteiger partial charge is 0.394 e. The topological polar surface area (TPSA) is 140 Å². The van der Waals surface area contributed by atoms with Crippen molar-refractivity contribution in [3.8, 4) is 0 Å². The minimum atomic E-state index is -1.48. The van der Waals surface area contributed by atoms with Crippen LogP contribution in [0.4, 0.5) is 0 Å². The predicted octanol–water partition coefficient (Wildman–Crippen LogP) is 0.880. The van der Waals surface area contributed by atoms with Crippen molar-refractivity contribution < 1.29 is 40.1 Å². The van der Waals surface area contributed by atoms with Gasteiger partial charge >= 0.3 is 0 Å². The van der Waals surface area contributed by atoms with E-state index >= 15 is 0 Å². The summed E-state index contributed by atoms with van der Waals surface area (Å²) in [6.07, 6.45) is 0.828. The van der Waals surface area contributed by atoms with Crippen LogP contribution in [0.25, 0.3) is 0 Å². The van der Waals surface area contributed by atoms with Gasteiger partial charge in [-0.2, -0.15) is 0 Å². The minimum absolute atomic E-state index is 0.0512. The van der Waals surface area contributed by atoms with Crippen molar-refractivity contribution >= 4 is 0 Å². The smallest absolute Gasteiger partial charge is 0.187 e. The molecule has 0 amide bonds. The van der Waals surface area contributed by atoms with Crippen LogP contribution in [0.15, 0.2) is 24.3 Å². The normalized spacial score (nSPS) is 53.1. The first kappa shape index (κ1) is 26.2. The monoisotopic (exact) mass is 482 g/mol. The van der Waals surface area contributed by atoms with Crippen LogP contribution >= 0.6 is 0 Å². The van der Waals surface area contributed by atoms with E-state index in [9.17, 15) is 30.6 Å². The fourth-order valence-electron chi connectivity index (χ4n) is 7.19. The molecule has 4 rings (SSSR count). The summed E-state index contributed by atoms with van der Waals surface area (Å²) < 4.78 is 11.3. The number of rotatable bonds is 5. The van der Waals surface area contributed by atoms with Crippen LogP contribution < -0.4 is 0 Å². The zero-order chi connectivity index (χ0) is 25.1. The lowest BCUT2D eigenvalue weighted by Gasteiger charge is -2.55. The van der Waals surface area contributed by atoms with Gasteiger partial charge in [0.2, 0.25) is 0 Å². The highest BCUT2D eigenvalue weighted by atomic mass is 16.7. The van der Waals surface area contributed by atoms with E-state index in [0.717, 1.165) is 24.8 Å². The summed E-state index contributed by atoms with van der Waals surface area (Å²) in [4.78, 5) is 0. The first-order valence-electron chi connectivity index (χ1n) is 12.5. The van der Waals surface area contributed by atoms with E-state index in [1.807, 2.05) is 19.1 Å². The van der Waals surface area contributed by atoms with E-state index < -0.39 is 54.4 Å². The van der Waals surface area contributed by atoms with Crippen LogP contribution in [-0.4, -0.2) is 86.3 Å². The third kappa shape index (κ3) is 4.41. The van der Waals surface area contributed by atoms with Gasteiger partial charge in [-0.15, -0.1) is 0 Å². The maximum Gasteiger partial charge on any atom is 0.187 e. The van der Waals surface area contributed by atoms with Gasteiger partial charge in [-0.3, -0.25) is 0 Å². The molecule has 6 N–H and O–H groups in total. The molecule has 3 aliphatic carbocycles. The molecule has 1 aliphatic heterocycles. The van der Waals surface area contributed by atoms with Crippen LogP contribution in [0.1, 0.15) is 52.9 Å². The highest BCUT2D eigenvalue weighted by Crippen LogP contribution is 2.65. The molecule has 8 nitrogen and oxygen atoms in total. The summed E-state index contributed by atoms with van der Waals surface area (Å²) >= 11 is 0. The Kier molecular flexibility index (Phi) is 7.12. The van der Waals surface area contributed by atoms with Crippen molar-refractivity contribution in [1.82, 2.24) is 0 Å². The van der Waals surface area contributed by atoms with Crippen molar-refractivity contribution in [3.05, 3.63) is 24.3 Å². The molecule has 0 radical (unpaired) electrons. The maximum absolute atomic E-state index is 11.2. The number of aliphatic hydroxyl groups is 6. The summed E-state index contributed by atoms with van der Waals surface area (Å²) in [6, 6.07) is 0. The Morgan fingerprint density at radius 1 is 1.03 bits per heavy atom. The second-order valence-corrected chi connectivity index (χ2v) is 11.9. The summed E-state index contributed by atoms with van der Waals surface area (Å²) in [7, 11) is 0. The van der Waals surface area contributed by atoms with Gasteiger partial charge in [0, 0.05) is 5.41 Å². The second-order valence-electron chi connectivity index (χ2n) is 11.9. The zero-order valence-electron chi connectivity index (χ0n) is 20.5. The van der Waals surface area contributed by atoms with E-state index in [-0.39, 0.29) is 29.8 Å². The molecule has 1 unspecified atom stereocenters. The molecule has 1 heterocycles. The van der Waals surface area contributed by atoms with Crippen LogP contribution in [-0.2, 0) is 9.47 Å². The van der Waals surface area contributed by atoms with Gasteiger partial charge in [0.25, 0.3) is 0 Å². The lowest BCUT2D eigenvalue weighted by Crippen LogP contribution is -2.59. The Bertz CT molecular complexity index is 796. The molecule has 8 heteroatoms. The van der Waals surface area contributed by atoms with Gasteiger partial charge in [-0.1, -0.05) is 32.6 Å². The molecule has 0 spiro atoms. The molecule has 0 aromatic heterocycles. The van der Waals surface area contributed by atoms with E-state index in [1.165, 1.54) is 0 Å². The zero-order valence-corrected chi connectivity index (χ0v) is 20.5. The van der Waals surface area contributed by atoms with Gasteiger partial charge < -0.3 is 40.1 Å². The third-order valence-electron chi connectivity index (χ3n) is 9.44. The van der Waals surface area contributed by atoms with Crippen LogP contribution in [0.2, 0.25) is 0 Å². The number of hydrogen-bond donors (Lipinski definition) is 6. The number of hydrogen-bond acceptors (Lipinski definition) is 8. The number of ether oxygens (including phenoxy) is 2. The fourth-order valence-corrected chi connectivity index (χ4v) is 7.19. The third-order valence-corrected chi connectivity index (χ3v) is 9.44. The highest BCUT2D eigenvalue weighted by molar-refractivity contribution is 5.22. The Hall–Kier alpha value is -0.840. The highest BCUT2D eigenvalue weighted by Gasteiger charge is 2.60. The number of fused-ring (bicyclic) bond motifs is 3. The lowest BCUT2D eigenvalue weighted by molar-refractivity contribution is -0.299. The molecule has 2 saturated carbocycles. The Morgan fingerprint density at radius 2 is 1.74 bits per heavy atom. The van der Waals surface area contributed by atoms with E-state index in [1.54, 1.807) is 0 Å². The van der Waals surface area contributed by atoms with Crippen LogP contribution in [0.3, 0.4) is 0 Å². The molecular formula is C26H42O8. The molecule has 3 fully saturated rings. The first-order valence-corrected chi connectivity index (χ1v) is 12.5. The molecule has 0 bridgehead atoms. The van der Waals surface area contributed by atoms with Gasteiger partial charge in [0.1, 0.15) is 24.4 Å². The summed E-state index contributed by atoms with van der Waals surface area (Å²) in [6.45, 7) is 10.1. The van der Waals surface area contributed by atoms with Crippen LogP contribution in [0.5, 0.6) is 0 Å². The molecular weight excluding hydrogens is 440 g/mol. The maximum atomic E-state index is 11.2. The SMILES string of the molecule is C=C(CO[C@@H]1O[C@H](CO)[C@@H](O)[C@H](O)[C@H]1O)[C@@H]1CC[C@@]2(C)C[C@@H](O)[C@]3(C)C=CC(C)(O)CC[C@H]3[C@H]12. The van der Waals surface area contributed by atoms with E-state index in [4.69, 9.17) is 9.47 Å². The van der Waals surface area contributed by atoms with Crippen molar-refractivity contribution in [2.24, 2.45) is 28.6 Å². The van der Waals surface area contributed by atoms with Crippen molar-refractivity contribution in [2.75, 3.05) is 13.2 Å². The quantitative estimate of drug-likeness (QED) is 0.318. The Labute approximate surface area is 201 Å². The Balaban J connectivity index is 1.51. The lowest BCUT2D eigenvalue weighted by atomic mass is 9.51. The summed E-state index contributed by atoms with van der Waals surface area (Å²) in [5.41, 5.74) is -0.520. The number of aliphatic hydroxyl groups excluding tert-OH is 5. The molecule has 0 aromatic carbocycles. The second kappa shape index (κ2) is 9.23. The van der Waals surface area contributed by atoms with E-state index in [2.05, 4.69) is 20.4 Å². The van der Waals surface area contributed by atoms with Gasteiger partial charge in [0.15, 0.2) is 6.29 Å². The first-order chi connectivity index (χ1) is 15.8.